The summed E-state index contributed by atoms with van der Waals surface area (Å²) in [5.41, 5.74) is 2.31. The van der Waals surface area contributed by atoms with E-state index in [2.05, 4.69) is 20.3 Å². The number of benzene rings is 1. The number of fused-ring (bicyclic) bond motifs is 1. The maximum atomic E-state index is 12.2. The summed E-state index contributed by atoms with van der Waals surface area (Å²) in [4.78, 5) is 36.7. The van der Waals surface area contributed by atoms with Gasteiger partial charge in [0.15, 0.2) is 6.10 Å². The normalized spacial score (nSPS) is 11.7. The van der Waals surface area contributed by atoms with Gasteiger partial charge in [-0.2, -0.15) is 0 Å². The summed E-state index contributed by atoms with van der Waals surface area (Å²) in [7, 11) is 0. The number of pyridine rings is 1. The molecule has 1 N–H and O–H groups in total. The van der Waals surface area contributed by atoms with Crippen LogP contribution in [0.5, 0.6) is 0 Å². The monoisotopic (exact) mass is 336 g/mol. The summed E-state index contributed by atoms with van der Waals surface area (Å²) in [5.74, 6) is -0.979. The molecule has 2 heterocycles. The fraction of sp³-hybridized carbons (Fsp3) is 0.167. The van der Waals surface area contributed by atoms with Crippen molar-refractivity contribution in [3.05, 3.63) is 66.2 Å². The Morgan fingerprint density at radius 2 is 1.84 bits per heavy atom. The molecule has 0 aliphatic heterocycles. The first kappa shape index (κ1) is 16.5. The molecule has 3 aromatic rings. The van der Waals surface area contributed by atoms with Crippen molar-refractivity contribution in [1.82, 2.24) is 20.3 Å². The van der Waals surface area contributed by atoms with Crippen molar-refractivity contribution in [2.24, 2.45) is 0 Å². The molecule has 25 heavy (non-hydrogen) atoms. The first-order chi connectivity index (χ1) is 12.1. The SMILES string of the molecule is CC(OC(=O)c1ccc2nccnc2c1)C(=O)NCc1ccccn1. The highest BCUT2D eigenvalue weighted by atomic mass is 16.5. The van der Waals surface area contributed by atoms with E-state index >= 15 is 0 Å². The van der Waals surface area contributed by atoms with Gasteiger partial charge in [-0.3, -0.25) is 19.7 Å². The number of nitrogens with one attached hydrogen (secondary N) is 1. The molecule has 0 spiro atoms. The van der Waals surface area contributed by atoms with Crippen LogP contribution in [0.1, 0.15) is 23.0 Å². The number of aromatic nitrogens is 3. The molecule has 0 radical (unpaired) electrons. The van der Waals surface area contributed by atoms with E-state index in [-0.39, 0.29) is 12.5 Å². The Labute approximate surface area is 144 Å². The molecule has 1 unspecified atom stereocenters. The van der Waals surface area contributed by atoms with Gasteiger partial charge in [0.2, 0.25) is 0 Å². The molecule has 1 atom stereocenters. The molecule has 126 valence electrons. The third kappa shape index (κ3) is 4.14. The third-order valence-electron chi connectivity index (χ3n) is 3.53. The lowest BCUT2D eigenvalue weighted by atomic mass is 10.2. The molecule has 0 aliphatic carbocycles. The van der Waals surface area contributed by atoms with Crippen molar-refractivity contribution >= 4 is 22.9 Å². The highest BCUT2D eigenvalue weighted by Gasteiger charge is 2.19. The predicted molar refractivity (Wildman–Crippen MR) is 90.5 cm³/mol. The summed E-state index contributed by atoms with van der Waals surface area (Å²) in [6.45, 7) is 1.79. The van der Waals surface area contributed by atoms with Crippen molar-refractivity contribution in [3.63, 3.8) is 0 Å². The second-order valence-corrected chi connectivity index (χ2v) is 5.35. The number of hydrogen-bond acceptors (Lipinski definition) is 6. The van der Waals surface area contributed by atoms with Crippen LogP contribution in [0.2, 0.25) is 0 Å². The zero-order valence-corrected chi connectivity index (χ0v) is 13.5. The zero-order chi connectivity index (χ0) is 17.6. The molecule has 1 amide bonds. The molecule has 0 saturated heterocycles. The zero-order valence-electron chi connectivity index (χ0n) is 13.5. The summed E-state index contributed by atoms with van der Waals surface area (Å²) in [6, 6.07) is 10.3. The molecule has 0 aliphatic rings. The van der Waals surface area contributed by atoms with Gasteiger partial charge in [0.25, 0.3) is 5.91 Å². The van der Waals surface area contributed by atoms with Crippen LogP contribution in [-0.2, 0) is 16.1 Å². The van der Waals surface area contributed by atoms with E-state index in [1.54, 1.807) is 48.9 Å². The largest absolute Gasteiger partial charge is 0.449 e. The molecule has 3 rings (SSSR count). The third-order valence-corrected chi connectivity index (χ3v) is 3.53. The maximum Gasteiger partial charge on any atom is 0.338 e. The van der Waals surface area contributed by atoms with E-state index in [0.717, 1.165) is 5.69 Å². The molecule has 0 saturated carbocycles. The van der Waals surface area contributed by atoms with E-state index in [9.17, 15) is 9.59 Å². The first-order valence-corrected chi connectivity index (χ1v) is 7.73. The van der Waals surface area contributed by atoms with Gasteiger partial charge in [-0.15, -0.1) is 0 Å². The van der Waals surface area contributed by atoms with Gasteiger partial charge in [0, 0.05) is 18.6 Å². The van der Waals surface area contributed by atoms with Crippen LogP contribution >= 0.6 is 0 Å². The van der Waals surface area contributed by atoms with Crippen molar-refractivity contribution in [1.29, 1.82) is 0 Å². The molecular formula is C18H16N4O3. The fourth-order valence-corrected chi connectivity index (χ4v) is 2.20. The molecule has 0 bridgehead atoms. The van der Waals surface area contributed by atoms with Crippen molar-refractivity contribution < 1.29 is 14.3 Å². The Kier molecular flexibility index (Phi) is 4.94. The Bertz CT molecular complexity index is 899. The molecule has 2 aromatic heterocycles. The Balaban J connectivity index is 1.59. The van der Waals surface area contributed by atoms with Gasteiger partial charge in [-0.1, -0.05) is 6.07 Å². The molecule has 1 aromatic carbocycles. The smallest absolute Gasteiger partial charge is 0.338 e. The van der Waals surface area contributed by atoms with Crippen LogP contribution in [0.15, 0.2) is 55.0 Å². The van der Waals surface area contributed by atoms with Gasteiger partial charge < -0.3 is 10.1 Å². The average molecular weight is 336 g/mol. The number of nitrogens with zero attached hydrogens (tertiary/aromatic N) is 3. The van der Waals surface area contributed by atoms with E-state index < -0.39 is 12.1 Å². The number of hydrogen-bond donors (Lipinski definition) is 1. The van der Waals surface area contributed by atoms with Gasteiger partial charge in [-0.05, 0) is 37.3 Å². The fourth-order valence-electron chi connectivity index (χ4n) is 2.20. The minimum absolute atomic E-state index is 0.271. The number of rotatable bonds is 5. The van der Waals surface area contributed by atoms with Crippen LogP contribution in [0.3, 0.4) is 0 Å². The topological polar surface area (TPSA) is 94.1 Å². The van der Waals surface area contributed by atoms with Crippen molar-refractivity contribution in [2.45, 2.75) is 19.6 Å². The van der Waals surface area contributed by atoms with Crippen LogP contribution < -0.4 is 5.32 Å². The Hall–Kier alpha value is -3.35. The van der Waals surface area contributed by atoms with Crippen LogP contribution in [0.4, 0.5) is 0 Å². The van der Waals surface area contributed by atoms with Crippen molar-refractivity contribution in [2.75, 3.05) is 0 Å². The first-order valence-electron chi connectivity index (χ1n) is 7.73. The second-order valence-electron chi connectivity index (χ2n) is 5.35. The van der Waals surface area contributed by atoms with E-state index in [0.29, 0.717) is 16.6 Å². The second kappa shape index (κ2) is 7.48. The van der Waals surface area contributed by atoms with Crippen LogP contribution in [0, 0.1) is 0 Å². The maximum absolute atomic E-state index is 12.2. The molecule has 7 nitrogen and oxygen atoms in total. The van der Waals surface area contributed by atoms with E-state index in [4.69, 9.17) is 4.74 Å². The summed E-state index contributed by atoms with van der Waals surface area (Å²) in [5, 5.41) is 2.68. The number of carbonyl (C=O) groups excluding carboxylic acids is 2. The van der Waals surface area contributed by atoms with Crippen molar-refractivity contribution in [3.8, 4) is 0 Å². The van der Waals surface area contributed by atoms with Gasteiger partial charge in [-0.25, -0.2) is 4.79 Å². The van der Waals surface area contributed by atoms with Crippen LogP contribution in [0.25, 0.3) is 11.0 Å². The molecule has 0 fully saturated rings. The highest BCUT2D eigenvalue weighted by Crippen LogP contribution is 2.12. The van der Waals surface area contributed by atoms with Crippen LogP contribution in [-0.4, -0.2) is 32.9 Å². The summed E-state index contributed by atoms with van der Waals surface area (Å²) >= 11 is 0. The minimum Gasteiger partial charge on any atom is -0.449 e. The highest BCUT2D eigenvalue weighted by molar-refractivity contribution is 5.95. The van der Waals surface area contributed by atoms with E-state index in [1.807, 2.05) is 6.07 Å². The van der Waals surface area contributed by atoms with Gasteiger partial charge in [0.05, 0.1) is 28.8 Å². The lowest BCUT2D eigenvalue weighted by Crippen LogP contribution is -2.35. The standard InChI is InChI=1S/C18H16N4O3/c1-12(17(23)22-11-14-4-2-3-7-19-14)25-18(24)13-5-6-15-16(10-13)21-9-8-20-15/h2-10,12H,11H2,1H3,(H,22,23). The number of amides is 1. The summed E-state index contributed by atoms with van der Waals surface area (Å²) in [6.07, 6.45) is 3.85. The van der Waals surface area contributed by atoms with Gasteiger partial charge in [0.1, 0.15) is 0 Å². The van der Waals surface area contributed by atoms with E-state index in [1.165, 1.54) is 6.92 Å². The quantitative estimate of drug-likeness (QED) is 0.715. The Morgan fingerprint density at radius 3 is 2.60 bits per heavy atom. The lowest BCUT2D eigenvalue weighted by Gasteiger charge is -2.13. The summed E-state index contributed by atoms with van der Waals surface area (Å²) < 4.78 is 5.22. The molecule has 7 heteroatoms. The predicted octanol–water partition coefficient (Wildman–Crippen LogP) is 1.89. The number of esters is 1. The number of carbonyl (C=O) groups is 2. The Morgan fingerprint density at radius 1 is 1.04 bits per heavy atom. The molecular weight excluding hydrogens is 320 g/mol. The van der Waals surface area contributed by atoms with Gasteiger partial charge >= 0.3 is 5.97 Å². The lowest BCUT2D eigenvalue weighted by molar-refractivity contribution is -0.129. The number of ether oxygens (including phenoxy) is 1. The minimum atomic E-state index is -0.922. The average Bonchev–Trinajstić information content (AvgIpc) is 2.66.